The Balaban J connectivity index is 1.67. The van der Waals surface area contributed by atoms with E-state index in [1.165, 1.54) is 0 Å². The van der Waals surface area contributed by atoms with E-state index in [1.54, 1.807) is 0 Å². The first-order chi connectivity index (χ1) is 18.5. The third-order valence-electron chi connectivity index (χ3n) is 9.86. The van der Waals surface area contributed by atoms with Gasteiger partial charge in [0.05, 0.1) is 24.1 Å². The number of aliphatic hydroxyl groups is 1. The van der Waals surface area contributed by atoms with E-state index in [0.717, 1.165) is 37.8 Å². The number of nitrogens with zero attached hydrogens (tertiary/aromatic N) is 3. The molecule has 0 bridgehead atoms. The van der Waals surface area contributed by atoms with Crippen molar-refractivity contribution in [3.63, 3.8) is 0 Å². The monoisotopic (exact) mass is 573 g/mol. The topological polar surface area (TPSA) is 64.1 Å². The quantitative estimate of drug-likeness (QED) is 0.477. The first kappa shape index (κ1) is 31.3. The lowest BCUT2D eigenvalue weighted by atomic mass is 9.74. The van der Waals surface area contributed by atoms with Crippen LogP contribution < -0.4 is 0 Å². The Morgan fingerprint density at radius 1 is 1.00 bits per heavy atom. The van der Waals surface area contributed by atoms with Crippen LogP contribution in [0.2, 0.25) is 5.02 Å². The minimum Gasteiger partial charge on any atom is -0.394 e. The zero-order valence-corrected chi connectivity index (χ0v) is 26.9. The van der Waals surface area contributed by atoms with Gasteiger partial charge in [0.25, 0.3) is 0 Å². The first-order valence-corrected chi connectivity index (χ1v) is 15.6. The molecule has 3 aliphatic rings. The number of benzene rings is 1. The summed E-state index contributed by atoms with van der Waals surface area (Å²) in [6.45, 7) is 19.0. The lowest BCUT2D eigenvalue weighted by molar-refractivity contribution is -0.147. The molecule has 1 aliphatic carbocycles. The van der Waals surface area contributed by atoms with Crippen molar-refractivity contribution in [1.29, 1.82) is 0 Å². The van der Waals surface area contributed by atoms with Gasteiger partial charge in [-0.25, -0.2) is 0 Å². The highest BCUT2D eigenvalue weighted by atomic mass is 35.5. The van der Waals surface area contributed by atoms with E-state index in [0.29, 0.717) is 36.4 Å². The molecule has 1 N–H and O–H groups in total. The molecule has 40 heavy (non-hydrogen) atoms. The Morgan fingerprint density at radius 2 is 1.60 bits per heavy atom. The van der Waals surface area contributed by atoms with Gasteiger partial charge < -0.3 is 14.9 Å². The molecule has 2 heterocycles. The Bertz CT molecular complexity index is 1060. The van der Waals surface area contributed by atoms with Crippen LogP contribution in [0.15, 0.2) is 24.3 Å². The summed E-state index contributed by atoms with van der Waals surface area (Å²) in [6, 6.07) is 7.50. The lowest BCUT2D eigenvalue weighted by Gasteiger charge is -2.45. The van der Waals surface area contributed by atoms with Crippen LogP contribution in [0.3, 0.4) is 0 Å². The minimum atomic E-state index is -0.714. The van der Waals surface area contributed by atoms with Crippen molar-refractivity contribution in [3.05, 3.63) is 34.9 Å². The zero-order valence-electron chi connectivity index (χ0n) is 26.1. The maximum absolute atomic E-state index is 14.7. The lowest BCUT2D eigenvalue weighted by Crippen LogP contribution is -2.55. The molecule has 1 aromatic carbocycles. The van der Waals surface area contributed by atoms with Gasteiger partial charge in [-0.2, -0.15) is 0 Å². The van der Waals surface area contributed by atoms with E-state index in [1.807, 2.05) is 49.9 Å². The summed E-state index contributed by atoms with van der Waals surface area (Å²) in [7, 11) is 0. The van der Waals surface area contributed by atoms with E-state index in [4.69, 9.17) is 11.6 Å². The van der Waals surface area contributed by atoms with Gasteiger partial charge in [-0.15, -0.1) is 0 Å². The summed E-state index contributed by atoms with van der Waals surface area (Å²) >= 11 is 6.25. The predicted molar refractivity (Wildman–Crippen MR) is 162 cm³/mol. The number of carbonyl (C=O) groups is 2. The summed E-state index contributed by atoms with van der Waals surface area (Å²) in [6.07, 6.45) is 5.48. The fourth-order valence-electron chi connectivity index (χ4n) is 7.15. The van der Waals surface area contributed by atoms with Crippen LogP contribution in [0.4, 0.5) is 0 Å². The van der Waals surface area contributed by atoms with Crippen LogP contribution in [0.5, 0.6) is 0 Å². The summed E-state index contributed by atoms with van der Waals surface area (Å²) in [4.78, 5) is 35.1. The molecule has 2 saturated heterocycles. The van der Waals surface area contributed by atoms with Gasteiger partial charge in [-0.05, 0) is 82.4 Å². The number of carbonyl (C=O) groups excluding carboxylic acids is 2. The SMILES string of the molecule is CC1(C)CCC(N(C(=O)C(C)(C)C)[C@H]2C[C@@H](CO)N(C(=O)C3(c4ccc(Cl)cc4)CCN(C(C)(C)C)C3)C2)CC1. The van der Waals surface area contributed by atoms with Crippen molar-refractivity contribution in [3.8, 4) is 0 Å². The molecule has 6 nitrogen and oxygen atoms in total. The molecule has 3 atom stereocenters. The Morgan fingerprint density at radius 3 is 2.10 bits per heavy atom. The van der Waals surface area contributed by atoms with Gasteiger partial charge in [0.15, 0.2) is 0 Å². The van der Waals surface area contributed by atoms with Crippen molar-refractivity contribution in [2.45, 2.75) is 123 Å². The Kier molecular flexibility index (Phi) is 8.78. The van der Waals surface area contributed by atoms with Crippen LogP contribution in [0.25, 0.3) is 0 Å². The number of halogens is 1. The van der Waals surface area contributed by atoms with Gasteiger partial charge >= 0.3 is 0 Å². The summed E-state index contributed by atoms with van der Waals surface area (Å²) in [5.41, 5.74) is -0.0184. The van der Waals surface area contributed by atoms with Crippen molar-refractivity contribution in [2.75, 3.05) is 26.2 Å². The van der Waals surface area contributed by atoms with E-state index in [2.05, 4.69) is 44.4 Å². The van der Waals surface area contributed by atoms with Crippen molar-refractivity contribution < 1.29 is 14.7 Å². The molecule has 1 unspecified atom stereocenters. The average Bonchev–Trinajstić information content (AvgIpc) is 3.50. The molecule has 1 saturated carbocycles. The second kappa shape index (κ2) is 11.2. The van der Waals surface area contributed by atoms with Crippen LogP contribution in [0.1, 0.15) is 99.5 Å². The molecule has 0 radical (unpaired) electrons. The minimum absolute atomic E-state index is 0.0658. The first-order valence-electron chi connectivity index (χ1n) is 15.2. The molecule has 0 spiro atoms. The number of likely N-dealkylation sites (tertiary alicyclic amines) is 2. The van der Waals surface area contributed by atoms with Crippen molar-refractivity contribution in [1.82, 2.24) is 14.7 Å². The maximum atomic E-state index is 14.7. The molecular formula is C33H52ClN3O3. The summed E-state index contributed by atoms with van der Waals surface area (Å²) in [5, 5.41) is 11.2. The van der Waals surface area contributed by atoms with Crippen molar-refractivity contribution >= 4 is 23.4 Å². The predicted octanol–water partition coefficient (Wildman–Crippen LogP) is 5.89. The standard InChI is InChI=1S/C33H52ClN3O3/c1-30(2,3)28(39)37(25-13-15-32(7,8)16-14-25)26-19-27(21-38)36(20-26)29(40)33(23-9-11-24(34)12-10-23)17-18-35(22-33)31(4,5)6/h9-12,25-27,38H,13-22H2,1-8H3/t26-,27-,33?/m0/s1. The van der Waals surface area contributed by atoms with Gasteiger partial charge in [-0.3, -0.25) is 14.5 Å². The zero-order chi connectivity index (χ0) is 29.7. The van der Waals surface area contributed by atoms with E-state index in [9.17, 15) is 14.7 Å². The number of hydrogen-bond acceptors (Lipinski definition) is 4. The van der Waals surface area contributed by atoms with Gasteiger partial charge in [-0.1, -0.05) is 58.4 Å². The second-order valence-corrected chi connectivity index (χ2v) is 15.9. The highest BCUT2D eigenvalue weighted by Gasteiger charge is 2.53. The second-order valence-electron chi connectivity index (χ2n) is 15.5. The maximum Gasteiger partial charge on any atom is 0.234 e. The molecule has 2 amide bonds. The summed E-state index contributed by atoms with van der Waals surface area (Å²) < 4.78 is 0. The molecule has 1 aromatic rings. The van der Waals surface area contributed by atoms with Gasteiger partial charge in [0.2, 0.25) is 11.8 Å². The molecule has 3 fully saturated rings. The van der Waals surface area contributed by atoms with Crippen LogP contribution in [-0.2, 0) is 15.0 Å². The highest BCUT2D eigenvalue weighted by Crippen LogP contribution is 2.43. The number of aliphatic hydroxyl groups excluding tert-OH is 1. The molecule has 7 heteroatoms. The van der Waals surface area contributed by atoms with Crippen LogP contribution >= 0.6 is 11.6 Å². The molecule has 224 valence electrons. The summed E-state index contributed by atoms with van der Waals surface area (Å²) in [5.74, 6) is 0.219. The third-order valence-corrected chi connectivity index (χ3v) is 10.1. The number of hydrogen-bond donors (Lipinski definition) is 1. The fourth-order valence-corrected chi connectivity index (χ4v) is 7.28. The van der Waals surface area contributed by atoms with Crippen molar-refractivity contribution in [2.24, 2.45) is 10.8 Å². The molecule has 0 aromatic heterocycles. The Hall–Kier alpha value is -1.63. The average molecular weight is 574 g/mol. The number of amides is 2. The van der Waals surface area contributed by atoms with Crippen LogP contribution in [0, 0.1) is 10.8 Å². The number of rotatable bonds is 5. The molecular weight excluding hydrogens is 522 g/mol. The highest BCUT2D eigenvalue weighted by molar-refractivity contribution is 6.30. The van der Waals surface area contributed by atoms with E-state index in [-0.39, 0.29) is 42.1 Å². The fraction of sp³-hybridized carbons (Fsp3) is 0.758. The molecule has 2 aliphatic heterocycles. The van der Waals surface area contributed by atoms with Crippen LogP contribution in [-0.4, -0.2) is 81.5 Å². The Labute approximate surface area is 247 Å². The normalized spacial score (nSPS) is 28.2. The van der Waals surface area contributed by atoms with Gasteiger partial charge in [0.1, 0.15) is 0 Å². The van der Waals surface area contributed by atoms with E-state index >= 15 is 0 Å². The van der Waals surface area contributed by atoms with E-state index < -0.39 is 10.8 Å². The van der Waals surface area contributed by atoms with Gasteiger partial charge in [0, 0.05) is 41.7 Å². The molecule has 4 rings (SSSR count). The third kappa shape index (κ3) is 6.24. The smallest absolute Gasteiger partial charge is 0.234 e. The largest absolute Gasteiger partial charge is 0.394 e.